The van der Waals surface area contributed by atoms with Gasteiger partial charge in [0, 0.05) is 11.3 Å². The molecule has 3 heteroatoms. The number of benzene rings is 2. The molecule has 0 saturated carbocycles. The van der Waals surface area contributed by atoms with Crippen molar-refractivity contribution in [2.45, 2.75) is 20.3 Å². The second kappa shape index (κ2) is 6.03. The van der Waals surface area contributed by atoms with Crippen LogP contribution in [0.1, 0.15) is 34.0 Å². The topological polar surface area (TPSA) is 52.9 Å². The highest BCUT2D eigenvalue weighted by Gasteiger charge is 2.10. The fourth-order valence-electron chi connectivity index (χ4n) is 2.08. The van der Waals surface area contributed by atoms with Crippen LogP contribution in [0.3, 0.4) is 0 Å². The molecule has 1 amide bonds. The fraction of sp³-hybridized carbons (Fsp3) is 0.176. The Morgan fingerprint density at radius 1 is 1.20 bits per heavy atom. The highest BCUT2D eigenvalue weighted by Crippen LogP contribution is 2.21. The number of hydrogen-bond acceptors (Lipinski definition) is 2. The number of hydrogen-bond donors (Lipinski definition) is 1. The first-order valence-corrected chi connectivity index (χ1v) is 6.55. The summed E-state index contributed by atoms with van der Waals surface area (Å²) in [5.74, 6) is -0.154. The number of amides is 1. The average Bonchev–Trinajstić information content (AvgIpc) is 2.49. The lowest BCUT2D eigenvalue weighted by Crippen LogP contribution is -2.14. The van der Waals surface area contributed by atoms with Crippen molar-refractivity contribution in [3.63, 3.8) is 0 Å². The van der Waals surface area contributed by atoms with E-state index in [0.717, 1.165) is 23.2 Å². The second-order valence-electron chi connectivity index (χ2n) is 4.61. The molecule has 1 N–H and O–H groups in total. The predicted molar refractivity (Wildman–Crippen MR) is 79.7 cm³/mol. The fourth-order valence-corrected chi connectivity index (χ4v) is 2.08. The van der Waals surface area contributed by atoms with Crippen molar-refractivity contribution in [1.29, 1.82) is 5.26 Å². The van der Waals surface area contributed by atoms with E-state index in [-0.39, 0.29) is 5.91 Å². The first-order chi connectivity index (χ1) is 9.65. The van der Waals surface area contributed by atoms with E-state index in [1.54, 1.807) is 24.3 Å². The van der Waals surface area contributed by atoms with E-state index in [0.29, 0.717) is 11.1 Å². The molecule has 20 heavy (non-hydrogen) atoms. The van der Waals surface area contributed by atoms with Crippen molar-refractivity contribution in [3.05, 3.63) is 64.7 Å². The summed E-state index contributed by atoms with van der Waals surface area (Å²) in [6.45, 7) is 4.04. The lowest BCUT2D eigenvalue weighted by atomic mass is 10.1. The number of nitriles is 1. The number of carbonyl (C=O) groups excluding carboxylic acids is 1. The van der Waals surface area contributed by atoms with Crippen molar-refractivity contribution < 1.29 is 4.79 Å². The van der Waals surface area contributed by atoms with Gasteiger partial charge in [0.25, 0.3) is 5.91 Å². The van der Waals surface area contributed by atoms with Gasteiger partial charge in [-0.1, -0.05) is 25.1 Å². The van der Waals surface area contributed by atoms with Gasteiger partial charge in [0.2, 0.25) is 0 Å². The molecule has 2 aromatic carbocycles. The van der Waals surface area contributed by atoms with Crippen LogP contribution in [0.2, 0.25) is 0 Å². The summed E-state index contributed by atoms with van der Waals surface area (Å²) < 4.78 is 0. The molecule has 0 atom stereocenters. The van der Waals surface area contributed by atoms with Gasteiger partial charge in [-0.2, -0.15) is 5.26 Å². The highest BCUT2D eigenvalue weighted by atomic mass is 16.1. The number of nitrogens with one attached hydrogen (secondary N) is 1. The quantitative estimate of drug-likeness (QED) is 0.919. The summed E-state index contributed by atoms with van der Waals surface area (Å²) >= 11 is 0. The molecule has 0 aromatic heterocycles. The monoisotopic (exact) mass is 264 g/mol. The molecular formula is C17H16N2O. The van der Waals surface area contributed by atoms with Gasteiger partial charge in [0.05, 0.1) is 11.6 Å². The maximum absolute atomic E-state index is 12.2. The van der Waals surface area contributed by atoms with Gasteiger partial charge in [-0.15, -0.1) is 0 Å². The lowest BCUT2D eigenvalue weighted by Gasteiger charge is -2.13. The Balaban J connectivity index is 2.25. The molecular weight excluding hydrogens is 248 g/mol. The molecule has 0 fully saturated rings. The average molecular weight is 264 g/mol. The van der Waals surface area contributed by atoms with E-state index >= 15 is 0 Å². The first kappa shape index (κ1) is 13.8. The predicted octanol–water partition coefficient (Wildman–Crippen LogP) is 3.68. The maximum Gasteiger partial charge on any atom is 0.255 e. The van der Waals surface area contributed by atoms with Crippen LogP contribution < -0.4 is 5.32 Å². The van der Waals surface area contributed by atoms with E-state index in [2.05, 4.69) is 12.2 Å². The summed E-state index contributed by atoms with van der Waals surface area (Å²) in [5.41, 5.74) is 4.14. The van der Waals surface area contributed by atoms with E-state index in [1.807, 2.05) is 31.2 Å². The molecule has 0 aliphatic heterocycles. The number of aryl methyl sites for hydroxylation is 2. The molecule has 0 saturated heterocycles. The second-order valence-corrected chi connectivity index (χ2v) is 4.61. The summed E-state index contributed by atoms with van der Waals surface area (Å²) in [7, 11) is 0. The molecule has 0 bridgehead atoms. The van der Waals surface area contributed by atoms with Crippen LogP contribution in [0.25, 0.3) is 0 Å². The van der Waals surface area contributed by atoms with Crippen molar-refractivity contribution in [3.8, 4) is 6.07 Å². The molecule has 0 spiro atoms. The van der Waals surface area contributed by atoms with E-state index in [9.17, 15) is 4.79 Å². The zero-order valence-corrected chi connectivity index (χ0v) is 11.6. The van der Waals surface area contributed by atoms with Gasteiger partial charge < -0.3 is 5.32 Å². The molecule has 100 valence electrons. The smallest absolute Gasteiger partial charge is 0.255 e. The zero-order chi connectivity index (χ0) is 14.5. The molecule has 0 aliphatic carbocycles. The standard InChI is InChI=1S/C17H16N2O/c1-3-14-6-4-5-12(2)16(14)19-17(20)15-9-7-13(11-18)8-10-15/h4-10H,3H2,1-2H3,(H,19,20). The summed E-state index contributed by atoms with van der Waals surface area (Å²) in [6.07, 6.45) is 0.866. The zero-order valence-electron chi connectivity index (χ0n) is 11.6. The maximum atomic E-state index is 12.2. The largest absolute Gasteiger partial charge is 0.321 e. The Labute approximate surface area is 118 Å². The van der Waals surface area contributed by atoms with Crippen LogP contribution in [0.5, 0.6) is 0 Å². The Kier molecular flexibility index (Phi) is 4.17. The minimum atomic E-state index is -0.154. The van der Waals surface area contributed by atoms with E-state index in [1.165, 1.54) is 0 Å². The van der Waals surface area contributed by atoms with Crippen molar-refractivity contribution in [1.82, 2.24) is 0 Å². The van der Waals surface area contributed by atoms with Crippen molar-refractivity contribution in [2.24, 2.45) is 0 Å². The van der Waals surface area contributed by atoms with Crippen LogP contribution in [-0.4, -0.2) is 5.91 Å². The summed E-state index contributed by atoms with van der Waals surface area (Å²) in [5, 5.41) is 11.7. The molecule has 3 nitrogen and oxygen atoms in total. The van der Waals surface area contributed by atoms with Crippen molar-refractivity contribution >= 4 is 11.6 Å². The van der Waals surface area contributed by atoms with Crippen LogP contribution in [0.15, 0.2) is 42.5 Å². The Morgan fingerprint density at radius 2 is 1.90 bits per heavy atom. The van der Waals surface area contributed by atoms with Gasteiger partial charge in [0.15, 0.2) is 0 Å². The van der Waals surface area contributed by atoms with Crippen LogP contribution in [0, 0.1) is 18.3 Å². The van der Waals surface area contributed by atoms with E-state index in [4.69, 9.17) is 5.26 Å². The molecule has 2 aromatic rings. The minimum absolute atomic E-state index is 0.154. The normalized spacial score (nSPS) is 9.85. The third kappa shape index (κ3) is 2.86. The first-order valence-electron chi connectivity index (χ1n) is 6.55. The van der Waals surface area contributed by atoms with Gasteiger partial charge >= 0.3 is 0 Å². The number of nitrogens with zero attached hydrogens (tertiary/aromatic N) is 1. The Morgan fingerprint density at radius 3 is 2.50 bits per heavy atom. The summed E-state index contributed by atoms with van der Waals surface area (Å²) in [4.78, 5) is 12.2. The van der Waals surface area contributed by atoms with Crippen LogP contribution >= 0.6 is 0 Å². The molecule has 2 rings (SSSR count). The van der Waals surface area contributed by atoms with Crippen LogP contribution in [-0.2, 0) is 6.42 Å². The van der Waals surface area contributed by atoms with Gasteiger partial charge in [-0.05, 0) is 48.7 Å². The number of para-hydroxylation sites is 1. The molecule has 0 unspecified atom stereocenters. The van der Waals surface area contributed by atoms with E-state index < -0.39 is 0 Å². The molecule has 0 heterocycles. The number of carbonyl (C=O) groups is 1. The Hall–Kier alpha value is -2.60. The third-order valence-corrected chi connectivity index (χ3v) is 3.25. The highest BCUT2D eigenvalue weighted by molar-refractivity contribution is 6.05. The van der Waals surface area contributed by atoms with Crippen LogP contribution in [0.4, 0.5) is 5.69 Å². The van der Waals surface area contributed by atoms with Gasteiger partial charge in [-0.25, -0.2) is 0 Å². The lowest BCUT2D eigenvalue weighted by molar-refractivity contribution is 0.102. The number of anilines is 1. The minimum Gasteiger partial charge on any atom is -0.321 e. The Bertz CT molecular complexity index is 666. The van der Waals surface area contributed by atoms with Crippen molar-refractivity contribution in [2.75, 3.05) is 5.32 Å². The SMILES string of the molecule is CCc1cccc(C)c1NC(=O)c1ccc(C#N)cc1. The summed E-state index contributed by atoms with van der Waals surface area (Å²) in [6, 6.07) is 14.6. The molecule has 0 radical (unpaired) electrons. The third-order valence-electron chi connectivity index (χ3n) is 3.25. The van der Waals surface area contributed by atoms with Gasteiger partial charge in [-0.3, -0.25) is 4.79 Å². The molecule has 0 aliphatic rings. The van der Waals surface area contributed by atoms with Gasteiger partial charge in [0.1, 0.15) is 0 Å². The number of rotatable bonds is 3.